The van der Waals surface area contributed by atoms with Crippen LogP contribution in [0.5, 0.6) is 0 Å². The molecule has 0 radical (unpaired) electrons. The maximum Gasteiger partial charge on any atom is 0.410 e. The summed E-state index contributed by atoms with van der Waals surface area (Å²) in [6.07, 6.45) is 0.408. The van der Waals surface area contributed by atoms with Gasteiger partial charge in [-0.2, -0.15) is 0 Å². The second-order valence-electron chi connectivity index (χ2n) is 4.99. The van der Waals surface area contributed by atoms with Gasteiger partial charge in [-0.15, -0.1) is 0 Å². The van der Waals surface area contributed by atoms with Gasteiger partial charge in [-0.25, -0.2) is 14.2 Å². The molecule has 0 saturated heterocycles. The molecular weight excluding hydrogens is 283 g/mol. The van der Waals surface area contributed by atoms with Crippen LogP contribution in [0.1, 0.15) is 5.56 Å². The number of aryl methyl sites for hydroxylation is 1. The molecule has 0 atom stereocenters. The van der Waals surface area contributed by atoms with Crippen molar-refractivity contribution in [3.05, 3.63) is 60.0 Å². The third-order valence-electron chi connectivity index (χ3n) is 3.47. The molecule has 110 valence electrons. The molecule has 0 bridgehead atoms. The molecular formula is C17H13FN2O2. The van der Waals surface area contributed by atoms with Crippen molar-refractivity contribution in [1.82, 2.24) is 4.98 Å². The van der Waals surface area contributed by atoms with Crippen LogP contribution in [0.3, 0.4) is 0 Å². The van der Waals surface area contributed by atoms with Crippen molar-refractivity contribution in [2.24, 2.45) is 0 Å². The van der Waals surface area contributed by atoms with Crippen molar-refractivity contribution in [3.63, 3.8) is 0 Å². The maximum absolute atomic E-state index is 14.1. The van der Waals surface area contributed by atoms with E-state index in [0.29, 0.717) is 5.56 Å². The number of fused-ring (bicyclic) bond motifs is 1. The summed E-state index contributed by atoms with van der Waals surface area (Å²) in [6, 6.07) is 12.1. The van der Waals surface area contributed by atoms with Crippen molar-refractivity contribution in [1.29, 1.82) is 0 Å². The van der Waals surface area contributed by atoms with Crippen molar-refractivity contribution in [2.45, 2.75) is 6.92 Å². The number of pyridine rings is 1. The number of aromatic nitrogens is 1. The summed E-state index contributed by atoms with van der Waals surface area (Å²) in [7, 11) is 0. The molecule has 2 aromatic carbocycles. The number of benzene rings is 2. The Bertz CT molecular complexity index is 857. The van der Waals surface area contributed by atoms with Gasteiger partial charge >= 0.3 is 6.09 Å². The zero-order chi connectivity index (χ0) is 15.7. The second-order valence-corrected chi connectivity index (χ2v) is 4.99. The molecule has 1 heterocycles. The van der Waals surface area contributed by atoms with Crippen LogP contribution in [-0.4, -0.2) is 16.2 Å². The Morgan fingerprint density at radius 3 is 2.73 bits per heavy atom. The van der Waals surface area contributed by atoms with E-state index in [2.05, 4.69) is 10.3 Å². The average Bonchev–Trinajstić information content (AvgIpc) is 2.46. The van der Waals surface area contributed by atoms with Crippen LogP contribution in [0.2, 0.25) is 0 Å². The number of nitrogens with zero attached hydrogens (tertiary/aromatic N) is 1. The zero-order valence-electron chi connectivity index (χ0n) is 11.8. The van der Waals surface area contributed by atoms with Crippen LogP contribution >= 0.6 is 0 Å². The first-order chi connectivity index (χ1) is 10.5. The first-order valence-corrected chi connectivity index (χ1v) is 6.70. The van der Waals surface area contributed by atoms with Gasteiger partial charge in [0, 0.05) is 17.1 Å². The van der Waals surface area contributed by atoms with Gasteiger partial charge < -0.3 is 5.11 Å². The van der Waals surface area contributed by atoms with Gasteiger partial charge in [-0.05, 0) is 41.6 Å². The largest absolute Gasteiger partial charge is 0.465 e. The van der Waals surface area contributed by atoms with Gasteiger partial charge in [0.05, 0.1) is 0 Å². The number of rotatable bonds is 2. The molecule has 0 aliphatic rings. The van der Waals surface area contributed by atoms with E-state index in [1.165, 1.54) is 6.07 Å². The predicted octanol–water partition coefficient (Wildman–Crippen LogP) is 4.44. The number of hydrogen-bond acceptors (Lipinski definition) is 2. The van der Waals surface area contributed by atoms with E-state index in [4.69, 9.17) is 5.11 Å². The van der Waals surface area contributed by atoms with Gasteiger partial charge in [0.1, 0.15) is 11.6 Å². The number of carbonyl (C=O) groups is 1. The van der Waals surface area contributed by atoms with Gasteiger partial charge in [-0.3, -0.25) is 5.32 Å². The minimum absolute atomic E-state index is 0.259. The predicted molar refractivity (Wildman–Crippen MR) is 83.5 cm³/mol. The fraction of sp³-hybridized carbons (Fsp3) is 0.0588. The molecule has 0 spiro atoms. The van der Waals surface area contributed by atoms with Crippen LogP contribution in [0.15, 0.2) is 48.7 Å². The molecule has 0 unspecified atom stereocenters. The van der Waals surface area contributed by atoms with Crippen LogP contribution in [0.25, 0.3) is 21.9 Å². The lowest BCUT2D eigenvalue weighted by atomic mass is 9.98. The molecule has 5 heteroatoms. The Morgan fingerprint density at radius 2 is 2.00 bits per heavy atom. The first kappa shape index (κ1) is 14.0. The second kappa shape index (κ2) is 5.44. The molecule has 22 heavy (non-hydrogen) atoms. The highest BCUT2D eigenvalue weighted by molar-refractivity contribution is 5.91. The molecule has 0 aliphatic heterocycles. The zero-order valence-corrected chi connectivity index (χ0v) is 11.8. The minimum atomic E-state index is -1.16. The third kappa shape index (κ3) is 2.61. The number of amides is 1. The van der Waals surface area contributed by atoms with Gasteiger partial charge in [0.25, 0.3) is 0 Å². The Hall–Kier alpha value is -2.95. The van der Waals surface area contributed by atoms with E-state index in [0.717, 1.165) is 21.9 Å². The SMILES string of the molecule is Cc1cccc(F)c1-c1ccc2cc(NC(=O)O)ncc2c1. The van der Waals surface area contributed by atoms with Crippen LogP contribution in [0, 0.1) is 12.7 Å². The molecule has 1 amide bonds. The van der Waals surface area contributed by atoms with E-state index in [-0.39, 0.29) is 11.6 Å². The molecule has 0 saturated carbocycles. The number of nitrogens with one attached hydrogen (secondary N) is 1. The van der Waals surface area contributed by atoms with E-state index in [9.17, 15) is 9.18 Å². The summed E-state index contributed by atoms with van der Waals surface area (Å²) in [4.78, 5) is 14.7. The van der Waals surface area contributed by atoms with Crippen LogP contribution in [0.4, 0.5) is 15.0 Å². The van der Waals surface area contributed by atoms with Crippen LogP contribution < -0.4 is 5.32 Å². The summed E-state index contributed by atoms with van der Waals surface area (Å²) in [5, 5.41) is 12.6. The summed E-state index contributed by atoms with van der Waals surface area (Å²) >= 11 is 0. The van der Waals surface area contributed by atoms with Gasteiger partial charge in [0.15, 0.2) is 0 Å². The lowest BCUT2D eigenvalue weighted by molar-refractivity contribution is 0.209. The Kier molecular flexibility index (Phi) is 3.47. The Balaban J connectivity index is 2.09. The lowest BCUT2D eigenvalue weighted by Crippen LogP contribution is -2.08. The fourth-order valence-corrected chi connectivity index (χ4v) is 2.47. The highest BCUT2D eigenvalue weighted by Crippen LogP contribution is 2.29. The highest BCUT2D eigenvalue weighted by atomic mass is 19.1. The molecule has 3 aromatic rings. The van der Waals surface area contributed by atoms with Gasteiger partial charge in [0.2, 0.25) is 0 Å². The Morgan fingerprint density at radius 1 is 1.18 bits per heavy atom. The first-order valence-electron chi connectivity index (χ1n) is 6.70. The molecule has 0 fully saturated rings. The van der Waals surface area contributed by atoms with E-state index in [1.807, 2.05) is 31.2 Å². The smallest absolute Gasteiger partial charge is 0.410 e. The number of carboxylic acid groups (broad SMARTS) is 1. The summed E-state index contributed by atoms with van der Waals surface area (Å²) in [5.41, 5.74) is 2.19. The lowest BCUT2D eigenvalue weighted by Gasteiger charge is -2.09. The number of anilines is 1. The third-order valence-corrected chi connectivity index (χ3v) is 3.47. The summed E-state index contributed by atoms with van der Waals surface area (Å²) in [6.45, 7) is 1.86. The summed E-state index contributed by atoms with van der Waals surface area (Å²) < 4.78 is 14.1. The van der Waals surface area contributed by atoms with E-state index < -0.39 is 6.09 Å². The topological polar surface area (TPSA) is 62.2 Å². The number of hydrogen-bond donors (Lipinski definition) is 2. The van der Waals surface area contributed by atoms with Crippen molar-refractivity contribution in [2.75, 3.05) is 5.32 Å². The van der Waals surface area contributed by atoms with E-state index in [1.54, 1.807) is 18.3 Å². The van der Waals surface area contributed by atoms with Crippen molar-refractivity contribution < 1.29 is 14.3 Å². The van der Waals surface area contributed by atoms with Gasteiger partial charge in [-0.1, -0.05) is 24.3 Å². The summed E-state index contributed by atoms with van der Waals surface area (Å²) in [5.74, 6) is -0.00806. The molecule has 2 N–H and O–H groups in total. The average molecular weight is 296 g/mol. The Labute approximate surface area is 126 Å². The molecule has 4 nitrogen and oxygen atoms in total. The molecule has 3 rings (SSSR count). The normalized spacial score (nSPS) is 10.6. The standard InChI is InChI=1S/C17H13FN2O2/c1-10-3-2-4-14(18)16(10)12-6-5-11-8-15(20-17(21)22)19-9-13(11)7-12/h2-9H,1H3,(H,19,20)(H,21,22). The van der Waals surface area contributed by atoms with Crippen molar-refractivity contribution >= 4 is 22.7 Å². The van der Waals surface area contributed by atoms with Crippen LogP contribution in [-0.2, 0) is 0 Å². The molecule has 0 aliphatic carbocycles. The van der Waals surface area contributed by atoms with E-state index >= 15 is 0 Å². The minimum Gasteiger partial charge on any atom is -0.465 e. The number of halogens is 1. The maximum atomic E-state index is 14.1. The monoisotopic (exact) mass is 296 g/mol. The molecule has 1 aromatic heterocycles. The van der Waals surface area contributed by atoms with Crippen molar-refractivity contribution in [3.8, 4) is 11.1 Å². The quantitative estimate of drug-likeness (QED) is 0.735. The fourth-order valence-electron chi connectivity index (χ4n) is 2.47. The highest BCUT2D eigenvalue weighted by Gasteiger charge is 2.09.